The van der Waals surface area contributed by atoms with E-state index >= 15 is 0 Å². The fraction of sp³-hybridized carbons (Fsp3) is 0.353. The van der Waals surface area contributed by atoms with E-state index < -0.39 is 5.97 Å². The first-order chi connectivity index (χ1) is 9.40. The first-order valence-electron chi connectivity index (χ1n) is 6.74. The van der Waals surface area contributed by atoms with Gasteiger partial charge in [0, 0.05) is 0 Å². The molecule has 3 nitrogen and oxygen atoms in total. The van der Waals surface area contributed by atoms with Crippen molar-refractivity contribution in [3.63, 3.8) is 0 Å². The molecule has 0 atom stereocenters. The van der Waals surface area contributed by atoms with Crippen molar-refractivity contribution < 1.29 is 15.0 Å². The number of aromatic carboxylic acids is 1. The molecule has 0 bridgehead atoms. The van der Waals surface area contributed by atoms with Crippen molar-refractivity contribution in [3.8, 4) is 5.75 Å². The molecule has 0 radical (unpaired) electrons. The first kappa shape index (κ1) is 16.0. The van der Waals surface area contributed by atoms with E-state index in [0.717, 1.165) is 12.8 Å². The number of allylic oxidation sites excluding steroid dienone is 4. The highest BCUT2D eigenvalue weighted by atomic mass is 16.4. The molecule has 108 valence electrons. The van der Waals surface area contributed by atoms with E-state index in [1.54, 1.807) is 0 Å². The van der Waals surface area contributed by atoms with Crippen molar-refractivity contribution in [1.82, 2.24) is 0 Å². The maximum Gasteiger partial charge on any atom is 0.335 e. The van der Waals surface area contributed by atoms with Gasteiger partial charge in [-0.05, 0) is 63.8 Å². The molecule has 0 aliphatic rings. The van der Waals surface area contributed by atoms with Crippen LogP contribution in [-0.4, -0.2) is 16.2 Å². The Morgan fingerprint density at radius 2 is 1.90 bits per heavy atom. The van der Waals surface area contributed by atoms with Crippen LogP contribution in [0.4, 0.5) is 0 Å². The van der Waals surface area contributed by atoms with Crippen molar-refractivity contribution in [2.45, 2.75) is 40.0 Å². The Bertz CT molecular complexity index is 535. The summed E-state index contributed by atoms with van der Waals surface area (Å²) >= 11 is 0. The van der Waals surface area contributed by atoms with Crippen LogP contribution < -0.4 is 0 Å². The molecule has 0 fully saturated rings. The lowest BCUT2D eigenvalue weighted by Gasteiger charge is -2.05. The predicted octanol–water partition coefficient (Wildman–Crippen LogP) is 4.33. The van der Waals surface area contributed by atoms with Gasteiger partial charge in [0.05, 0.1) is 5.56 Å². The van der Waals surface area contributed by atoms with Crippen LogP contribution >= 0.6 is 0 Å². The quantitative estimate of drug-likeness (QED) is 0.759. The molecule has 3 heteroatoms. The highest BCUT2D eigenvalue weighted by Crippen LogP contribution is 2.19. The number of phenols is 1. The standard InChI is InChI=1S/C17H22O3/c1-12(2)5-4-6-13(3)7-8-14-11-15(18)9-10-16(14)17(19)20/h5,7,9-11,18H,4,6,8H2,1-3H3,(H,19,20)/b13-7+. The summed E-state index contributed by atoms with van der Waals surface area (Å²) in [6.07, 6.45) is 6.70. The second-order valence-corrected chi connectivity index (χ2v) is 5.22. The predicted molar refractivity (Wildman–Crippen MR) is 81.2 cm³/mol. The summed E-state index contributed by atoms with van der Waals surface area (Å²) in [4.78, 5) is 11.1. The molecule has 1 rings (SSSR count). The number of hydrogen-bond donors (Lipinski definition) is 2. The molecule has 0 saturated carbocycles. The minimum atomic E-state index is -0.962. The second-order valence-electron chi connectivity index (χ2n) is 5.22. The van der Waals surface area contributed by atoms with Gasteiger partial charge in [0.15, 0.2) is 0 Å². The fourth-order valence-corrected chi connectivity index (χ4v) is 1.93. The van der Waals surface area contributed by atoms with Gasteiger partial charge >= 0.3 is 5.97 Å². The van der Waals surface area contributed by atoms with Crippen LogP contribution in [0.2, 0.25) is 0 Å². The SMILES string of the molecule is CC(C)=CCC/C(C)=C/Cc1cc(O)ccc1C(=O)O. The third kappa shape index (κ3) is 5.31. The normalized spacial score (nSPS) is 11.2. The largest absolute Gasteiger partial charge is 0.508 e. The number of hydrogen-bond acceptors (Lipinski definition) is 2. The van der Waals surface area contributed by atoms with Gasteiger partial charge in [-0.15, -0.1) is 0 Å². The third-order valence-corrected chi connectivity index (χ3v) is 3.08. The van der Waals surface area contributed by atoms with Crippen molar-refractivity contribution in [3.05, 3.63) is 52.6 Å². The minimum Gasteiger partial charge on any atom is -0.508 e. The van der Waals surface area contributed by atoms with Crippen LogP contribution in [0, 0.1) is 0 Å². The molecule has 0 heterocycles. The van der Waals surface area contributed by atoms with E-state index in [-0.39, 0.29) is 11.3 Å². The van der Waals surface area contributed by atoms with Gasteiger partial charge in [-0.2, -0.15) is 0 Å². The summed E-state index contributed by atoms with van der Waals surface area (Å²) in [6.45, 7) is 6.19. The lowest BCUT2D eigenvalue weighted by molar-refractivity contribution is 0.0696. The van der Waals surface area contributed by atoms with Gasteiger partial charge < -0.3 is 10.2 Å². The summed E-state index contributed by atoms with van der Waals surface area (Å²) in [5, 5.41) is 18.6. The van der Waals surface area contributed by atoms with Gasteiger partial charge in [-0.3, -0.25) is 0 Å². The Morgan fingerprint density at radius 3 is 2.50 bits per heavy atom. The van der Waals surface area contributed by atoms with Gasteiger partial charge in [0.2, 0.25) is 0 Å². The molecule has 0 aliphatic heterocycles. The number of rotatable bonds is 6. The second kappa shape index (κ2) is 7.53. The maximum absolute atomic E-state index is 11.1. The number of benzene rings is 1. The molecular formula is C17H22O3. The molecule has 0 aromatic heterocycles. The van der Waals surface area contributed by atoms with E-state index in [1.807, 2.05) is 13.0 Å². The summed E-state index contributed by atoms with van der Waals surface area (Å²) in [5.41, 5.74) is 3.41. The molecule has 0 amide bonds. The Labute approximate surface area is 120 Å². The van der Waals surface area contributed by atoms with E-state index in [1.165, 1.54) is 29.3 Å². The Morgan fingerprint density at radius 1 is 1.20 bits per heavy atom. The molecule has 20 heavy (non-hydrogen) atoms. The Hall–Kier alpha value is -2.03. The lowest BCUT2D eigenvalue weighted by Crippen LogP contribution is -2.01. The van der Waals surface area contributed by atoms with Crippen molar-refractivity contribution >= 4 is 5.97 Å². The smallest absolute Gasteiger partial charge is 0.335 e. The molecular weight excluding hydrogens is 252 g/mol. The zero-order valence-electron chi connectivity index (χ0n) is 12.3. The van der Waals surface area contributed by atoms with Crippen molar-refractivity contribution in [1.29, 1.82) is 0 Å². The average Bonchev–Trinajstić information content (AvgIpc) is 2.35. The zero-order valence-corrected chi connectivity index (χ0v) is 12.3. The van der Waals surface area contributed by atoms with E-state index in [2.05, 4.69) is 19.9 Å². The van der Waals surface area contributed by atoms with Crippen LogP contribution in [0.5, 0.6) is 5.75 Å². The first-order valence-corrected chi connectivity index (χ1v) is 6.74. The highest BCUT2D eigenvalue weighted by molar-refractivity contribution is 5.89. The van der Waals surface area contributed by atoms with Gasteiger partial charge in [0.1, 0.15) is 5.75 Å². The maximum atomic E-state index is 11.1. The van der Waals surface area contributed by atoms with Gasteiger partial charge in [-0.1, -0.05) is 23.3 Å². The molecule has 0 unspecified atom stereocenters. The number of aromatic hydroxyl groups is 1. The van der Waals surface area contributed by atoms with E-state index in [0.29, 0.717) is 12.0 Å². The number of carbonyl (C=O) groups is 1. The summed E-state index contributed by atoms with van der Waals surface area (Å²) in [5.74, 6) is -0.865. The van der Waals surface area contributed by atoms with Crippen LogP contribution in [0.25, 0.3) is 0 Å². The number of carboxylic acid groups (broad SMARTS) is 1. The molecule has 2 N–H and O–H groups in total. The van der Waals surface area contributed by atoms with E-state index in [9.17, 15) is 9.90 Å². The molecule has 1 aromatic rings. The molecule has 0 aliphatic carbocycles. The van der Waals surface area contributed by atoms with Crippen molar-refractivity contribution in [2.75, 3.05) is 0 Å². The van der Waals surface area contributed by atoms with Crippen LogP contribution in [0.3, 0.4) is 0 Å². The van der Waals surface area contributed by atoms with Crippen LogP contribution in [0.15, 0.2) is 41.5 Å². The average molecular weight is 274 g/mol. The van der Waals surface area contributed by atoms with Gasteiger partial charge in [-0.25, -0.2) is 4.79 Å². The molecule has 0 saturated heterocycles. The number of phenolic OH excluding ortho intramolecular Hbond substituents is 1. The topological polar surface area (TPSA) is 57.5 Å². The van der Waals surface area contributed by atoms with E-state index in [4.69, 9.17) is 5.11 Å². The lowest BCUT2D eigenvalue weighted by atomic mass is 10.0. The minimum absolute atomic E-state index is 0.0978. The molecule has 1 aromatic carbocycles. The van der Waals surface area contributed by atoms with Crippen LogP contribution in [-0.2, 0) is 6.42 Å². The Kier molecular flexibility index (Phi) is 6.04. The van der Waals surface area contributed by atoms with Gasteiger partial charge in [0.25, 0.3) is 0 Å². The highest BCUT2D eigenvalue weighted by Gasteiger charge is 2.09. The third-order valence-electron chi connectivity index (χ3n) is 3.08. The summed E-state index contributed by atoms with van der Waals surface area (Å²) in [7, 11) is 0. The van der Waals surface area contributed by atoms with Crippen molar-refractivity contribution in [2.24, 2.45) is 0 Å². The summed E-state index contributed by atoms with van der Waals surface area (Å²) in [6, 6.07) is 4.36. The summed E-state index contributed by atoms with van der Waals surface area (Å²) < 4.78 is 0. The zero-order chi connectivity index (χ0) is 15.1. The number of carboxylic acids is 1. The van der Waals surface area contributed by atoms with Crippen LogP contribution in [0.1, 0.15) is 49.5 Å². The monoisotopic (exact) mass is 274 g/mol. The Balaban J connectivity index is 2.75. The fourth-order valence-electron chi connectivity index (χ4n) is 1.93. The molecule has 0 spiro atoms.